The Morgan fingerprint density at radius 3 is 1.91 bits per heavy atom. The Balaban J connectivity index is 1.44. The Bertz CT molecular complexity index is 1500. The van der Waals surface area contributed by atoms with Gasteiger partial charge < -0.3 is 0 Å². The van der Waals surface area contributed by atoms with E-state index in [9.17, 15) is 5.26 Å². The van der Waals surface area contributed by atoms with Gasteiger partial charge in [0.1, 0.15) is 6.07 Å². The molecule has 0 unspecified atom stereocenters. The Labute approximate surface area is 224 Å². The van der Waals surface area contributed by atoms with E-state index in [4.69, 9.17) is 6.57 Å². The topological polar surface area (TPSA) is 28.1 Å². The number of hydrogen-bond donors (Lipinski definition) is 0. The normalized spacial score (nSPS) is 12.0. The van der Waals surface area contributed by atoms with Crippen LogP contribution in [0.1, 0.15) is 30.6 Å². The van der Waals surface area contributed by atoms with Gasteiger partial charge in [0.25, 0.3) is 0 Å². The maximum Gasteiger partial charge on any atom is 0.205 e. The minimum atomic E-state index is 0.689. The van der Waals surface area contributed by atoms with Crippen molar-refractivity contribution >= 4 is 80.1 Å². The van der Waals surface area contributed by atoms with Crippen molar-refractivity contribution in [3.63, 3.8) is 0 Å². The molecule has 0 aromatic carbocycles. The molecule has 0 amide bonds. The number of allylic oxidation sites excluding steroid dienone is 1. The van der Waals surface area contributed by atoms with Crippen molar-refractivity contribution in [1.29, 1.82) is 5.26 Å². The lowest BCUT2D eigenvalue weighted by Crippen LogP contribution is -1.73. The summed E-state index contributed by atoms with van der Waals surface area (Å²) in [4.78, 5) is 12.9. The van der Waals surface area contributed by atoms with E-state index in [1.807, 2.05) is 47.2 Å². The highest BCUT2D eigenvalue weighted by Gasteiger charge is 2.15. The van der Waals surface area contributed by atoms with Crippen molar-refractivity contribution in [2.75, 3.05) is 0 Å². The summed E-state index contributed by atoms with van der Waals surface area (Å²) in [6.45, 7) is 11.8. The Hall–Kier alpha value is -3.04. The highest BCUT2D eigenvalue weighted by molar-refractivity contribution is 7.27. The van der Waals surface area contributed by atoms with Crippen molar-refractivity contribution in [3.8, 4) is 25.6 Å². The lowest BCUT2D eigenvalue weighted by atomic mass is 10.2. The van der Waals surface area contributed by atoms with Crippen molar-refractivity contribution in [1.82, 2.24) is 0 Å². The average Bonchev–Trinajstić information content (AvgIpc) is 3.67. The number of hydrogen-bond acceptors (Lipinski definition) is 6. The first-order chi connectivity index (χ1) is 17.1. The first kappa shape index (κ1) is 23.7. The third-order valence-corrected chi connectivity index (χ3v) is 10.9. The van der Waals surface area contributed by atoms with E-state index in [2.05, 4.69) is 49.0 Å². The van der Waals surface area contributed by atoms with Crippen LogP contribution < -0.4 is 0 Å². The van der Waals surface area contributed by atoms with Crippen molar-refractivity contribution in [2.24, 2.45) is 0 Å². The molecule has 0 radical (unpaired) electrons. The highest BCUT2D eigenvalue weighted by Crippen LogP contribution is 2.44. The number of nitrogens with zero attached hydrogens (tertiary/aromatic N) is 2. The molecule has 5 aromatic heterocycles. The number of nitriles is 1. The monoisotopic (exact) mass is 542 g/mol. The molecule has 0 saturated carbocycles. The molecule has 0 saturated heterocycles. The first-order valence-corrected chi connectivity index (χ1v) is 14.9. The Morgan fingerprint density at radius 1 is 0.829 bits per heavy atom. The van der Waals surface area contributed by atoms with Crippen LogP contribution in [0.4, 0.5) is 0 Å². The van der Waals surface area contributed by atoms with Crippen molar-refractivity contribution < 1.29 is 0 Å². The summed E-state index contributed by atoms with van der Waals surface area (Å²) in [6.07, 6.45) is 3.99. The Morgan fingerprint density at radius 2 is 1.40 bits per heavy atom. The SMILES string of the molecule is [C-]#[N+]/C(=C\c1cc(C)c(-c2ccc(-c3sc(/C=C(\C#N)c4cccs4)cc3C)s2)s1)c1cccs1. The fourth-order valence-corrected chi connectivity index (χ4v) is 8.64. The van der Waals surface area contributed by atoms with Crippen LogP contribution in [0.25, 0.3) is 47.8 Å². The summed E-state index contributed by atoms with van der Waals surface area (Å²) in [5.74, 6) is 0. The van der Waals surface area contributed by atoms with E-state index < -0.39 is 0 Å². The summed E-state index contributed by atoms with van der Waals surface area (Å²) >= 11 is 8.45. The third-order valence-electron chi connectivity index (χ3n) is 5.29. The van der Waals surface area contributed by atoms with Crippen LogP contribution in [-0.4, -0.2) is 0 Å². The van der Waals surface area contributed by atoms with Gasteiger partial charge in [-0.3, -0.25) is 0 Å². The molecule has 0 bridgehead atoms. The molecule has 0 aliphatic carbocycles. The van der Waals surface area contributed by atoms with Gasteiger partial charge in [0.2, 0.25) is 5.70 Å². The zero-order valence-electron chi connectivity index (χ0n) is 18.9. The van der Waals surface area contributed by atoms with Crippen LogP contribution in [0.3, 0.4) is 0 Å². The van der Waals surface area contributed by atoms with E-state index in [-0.39, 0.29) is 0 Å². The lowest BCUT2D eigenvalue weighted by molar-refractivity contribution is 1.54. The second kappa shape index (κ2) is 10.3. The van der Waals surface area contributed by atoms with Gasteiger partial charge >= 0.3 is 0 Å². The summed E-state index contributed by atoms with van der Waals surface area (Å²) < 4.78 is 0. The summed E-state index contributed by atoms with van der Waals surface area (Å²) in [5, 5.41) is 13.6. The lowest BCUT2D eigenvalue weighted by Gasteiger charge is -1.96. The summed E-state index contributed by atoms with van der Waals surface area (Å²) in [6, 6.07) is 19.0. The largest absolute Gasteiger partial charge is 0.237 e. The molecular formula is C28H18N2S5. The standard InChI is InChI=1S/C28H18N2S5/c1-17-12-20(14-19(16-29)23-6-4-10-31-23)33-27(17)25-8-9-26(35-25)28-18(2)13-21(34-28)15-22(30-3)24-7-5-11-32-24/h4-15H,1-2H3/b19-14+,22-15-. The highest BCUT2D eigenvalue weighted by atomic mass is 32.1. The van der Waals surface area contributed by atoms with Crippen LogP contribution in [0.5, 0.6) is 0 Å². The maximum absolute atomic E-state index is 9.61. The number of aryl methyl sites for hydroxylation is 2. The van der Waals surface area contributed by atoms with Crippen LogP contribution in [0, 0.1) is 31.8 Å². The second-order valence-electron chi connectivity index (χ2n) is 7.75. The first-order valence-electron chi connectivity index (χ1n) is 10.7. The second-order valence-corrected chi connectivity index (χ2v) is 12.9. The summed E-state index contributed by atoms with van der Waals surface area (Å²) in [5.41, 5.74) is 3.85. The quantitative estimate of drug-likeness (QED) is 0.155. The smallest absolute Gasteiger partial charge is 0.205 e. The minimum Gasteiger partial charge on any atom is -0.237 e. The minimum absolute atomic E-state index is 0.689. The average molecular weight is 543 g/mol. The molecule has 2 nitrogen and oxygen atoms in total. The van der Waals surface area contributed by atoms with Crippen LogP contribution in [0.15, 0.2) is 59.3 Å². The molecule has 7 heteroatoms. The van der Waals surface area contributed by atoms with Crippen molar-refractivity contribution in [3.05, 3.63) is 101 Å². The fraction of sp³-hybridized carbons (Fsp3) is 0.0714. The Kier molecular flexibility index (Phi) is 6.97. The van der Waals surface area contributed by atoms with Gasteiger partial charge in [-0.05, 0) is 78.2 Å². The zero-order valence-corrected chi connectivity index (χ0v) is 22.9. The molecule has 0 aliphatic rings. The predicted molar refractivity (Wildman–Crippen MR) is 157 cm³/mol. The number of thiophene rings is 5. The van der Waals surface area contributed by atoms with Gasteiger partial charge in [-0.15, -0.1) is 45.3 Å². The van der Waals surface area contributed by atoms with Crippen LogP contribution in [0.2, 0.25) is 0 Å². The van der Waals surface area contributed by atoms with Gasteiger partial charge in [-0.2, -0.15) is 16.6 Å². The van der Waals surface area contributed by atoms with E-state index in [1.165, 1.54) is 30.6 Å². The molecule has 5 heterocycles. The van der Waals surface area contributed by atoms with Gasteiger partial charge in [0, 0.05) is 39.0 Å². The molecule has 0 atom stereocenters. The molecule has 0 N–H and O–H groups in total. The van der Waals surface area contributed by atoms with Crippen molar-refractivity contribution in [2.45, 2.75) is 13.8 Å². The predicted octanol–water partition coefficient (Wildman–Crippen LogP) is 10.4. The molecule has 170 valence electrons. The molecule has 0 spiro atoms. The van der Waals surface area contributed by atoms with Gasteiger partial charge in [0.15, 0.2) is 0 Å². The van der Waals surface area contributed by atoms with E-state index >= 15 is 0 Å². The van der Waals surface area contributed by atoms with Gasteiger partial charge in [-0.1, -0.05) is 18.2 Å². The maximum atomic E-state index is 9.61. The molecule has 0 aliphatic heterocycles. The zero-order chi connectivity index (χ0) is 24.4. The van der Waals surface area contributed by atoms with E-state index in [0.717, 1.165) is 19.5 Å². The van der Waals surface area contributed by atoms with Crippen LogP contribution >= 0.6 is 56.7 Å². The third kappa shape index (κ3) is 5.01. The van der Waals surface area contributed by atoms with E-state index in [0.29, 0.717) is 11.3 Å². The number of rotatable bonds is 6. The van der Waals surface area contributed by atoms with E-state index in [1.54, 1.807) is 56.7 Å². The molecule has 0 fully saturated rings. The molecule has 35 heavy (non-hydrogen) atoms. The molecule has 5 aromatic rings. The fourth-order valence-electron chi connectivity index (χ4n) is 3.68. The van der Waals surface area contributed by atoms with Gasteiger partial charge in [-0.25, -0.2) is 4.85 Å². The van der Waals surface area contributed by atoms with Gasteiger partial charge in [0.05, 0.1) is 12.1 Å². The van der Waals surface area contributed by atoms with Crippen LogP contribution in [-0.2, 0) is 0 Å². The summed E-state index contributed by atoms with van der Waals surface area (Å²) in [7, 11) is 0. The molecular weight excluding hydrogens is 525 g/mol. The molecule has 5 rings (SSSR count).